The highest BCUT2D eigenvalue weighted by Gasteiger charge is 2.12. The fourth-order valence-electron chi connectivity index (χ4n) is 1.87. The fraction of sp³-hybridized carbons (Fsp3) is 0.0625. The lowest BCUT2D eigenvalue weighted by Crippen LogP contribution is -2.06. The Morgan fingerprint density at radius 1 is 1.14 bits per heavy atom. The number of amides is 1. The van der Waals surface area contributed by atoms with Crippen LogP contribution in [0.2, 0.25) is 0 Å². The molecule has 5 heteroatoms. The normalized spacial score (nSPS) is 10.5. The van der Waals surface area contributed by atoms with Crippen LogP contribution in [-0.4, -0.2) is 10.8 Å². The minimum atomic E-state index is -0.462. The third kappa shape index (κ3) is 4.01. The summed E-state index contributed by atoms with van der Waals surface area (Å²) in [6.45, 7) is 1.36. The van der Waals surface area contributed by atoms with E-state index in [-0.39, 0.29) is 11.6 Å². The maximum Gasteiger partial charge on any atom is 0.278 e. The van der Waals surface area contributed by atoms with Gasteiger partial charge in [0, 0.05) is 18.7 Å². The number of hydrogen-bond donors (Lipinski definition) is 1. The second-order valence-electron chi connectivity index (χ2n) is 4.46. The minimum Gasteiger partial charge on any atom is -0.326 e. The first-order valence-corrected chi connectivity index (χ1v) is 6.35. The van der Waals surface area contributed by atoms with Gasteiger partial charge in [-0.25, -0.2) is 0 Å². The van der Waals surface area contributed by atoms with Gasteiger partial charge in [-0.15, -0.1) is 0 Å². The van der Waals surface area contributed by atoms with Crippen LogP contribution in [0.3, 0.4) is 0 Å². The largest absolute Gasteiger partial charge is 0.326 e. The zero-order valence-corrected chi connectivity index (χ0v) is 11.4. The molecule has 1 N–H and O–H groups in total. The number of anilines is 1. The SMILES string of the molecule is CC(=O)Nc1ccc(/C=C/c2ccccc2)c([N+](=O)[O-])c1. The van der Waals surface area contributed by atoms with E-state index in [9.17, 15) is 14.9 Å². The monoisotopic (exact) mass is 282 g/mol. The van der Waals surface area contributed by atoms with Gasteiger partial charge in [-0.05, 0) is 23.8 Å². The Hall–Kier alpha value is -2.95. The molecule has 0 bridgehead atoms. The van der Waals surface area contributed by atoms with Gasteiger partial charge in [0.2, 0.25) is 5.91 Å². The fourth-order valence-corrected chi connectivity index (χ4v) is 1.87. The van der Waals surface area contributed by atoms with Crippen LogP contribution >= 0.6 is 0 Å². The molecule has 1 amide bonds. The first-order chi connectivity index (χ1) is 10.1. The molecule has 0 aliphatic heterocycles. The Kier molecular flexibility index (Phi) is 4.46. The van der Waals surface area contributed by atoms with Crippen molar-refractivity contribution in [2.75, 3.05) is 5.32 Å². The summed E-state index contributed by atoms with van der Waals surface area (Å²) in [6, 6.07) is 14.1. The molecule has 0 saturated heterocycles. The average molecular weight is 282 g/mol. The molecular formula is C16H14N2O3. The molecule has 0 spiro atoms. The Labute approximate surface area is 122 Å². The van der Waals surface area contributed by atoms with Gasteiger partial charge in [0.25, 0.3) is 5.69 Å². The average Bonchev–Trinajstić information content (AvgIpc) is 2.46. The third-order valence-electron chi connectivity index (χ3n) is 2.80. The predicted octanol–water partition coefficient (Wildman–Crippen LogP) is 3.72. The van der Waals surface area contributed by atoms with Crippen LogP contribution in [0.25, 0.3) is 12.2 Å². The number of rotatable bonds is 4. The number of nitro benzene ring substituents is 1. The number of nitro groups is 1. The second kappa shape index (κ2) is 6.47. The van der Waals surface area contributed by atoms with Crippen LogP contribution in [0, 0.1) is 10.1 Å². The maximum atomic E-state index is 11.1. The number of carbonyl (C=O) groups is 1. The van der Waals surface area contributed by atoms with E-state index in [1.54, 1.807) is 24.3 Å². The van der Waals surface area contributed by atoms with Crippen molar-refractivity contribution in [2.45, 2.75) is 6.92 Å². The molecule has 2 aromatic rings. The summed E-state index contributed by atoms with van der Waals surface area (Å²) in [5, 5.41) is 13.7. The van der Waals surface area contributed by atoms with E-state index in [4.69, 9.17) is 0 Å². The van der Waals surface area contributed by atoms with Crippen molar-refractivity contribution in [3.63, 3.8) is 0 Å². The van der Waals surface area contributed by atoms with Gasteiger partial charge in [0.15, 0.2) is 0 Å². The lowest BCUT2D eigenvalue weighted by atomic mass is 10.1. The summed E-state index contributed by atoms with van der Waals surface area (Å²) in [7, 11) is 0. The molecule has 2 rings (SSSR count). The molecule has 0 unspecified atom stereocenters. The van der Waals surface area contributed by atoms with Crippen molar-refractivity contribution in [2.24, 2.45) is 0 Å². The molecule has 0 radical (unpaired) electrons. The molecule has 0 fully saturated rings. The summed E-state index contributed by atoms with van der Waals surface area (Å²) in [5.74, 6) is -0.267. The van der Waals surface area contributed by atoms with E-state index in [1.165, 1.54) is 13.0 Å². The highest BCUT2D eigenvalue weighted by molar-refractivity contribution is 5.89. The zero-order valence-electron chi connectivity index (χ0n) is 11.4. The summed E-state index contributed by atoms with van der Waals surface area (Å²) in [6.07, 6.45) is 3.49. The van der Waals surface area contributed by atoms with E-state index in [0.717, 1.165) is 5.56 Å². The van der Waals surface area contributed by atoms with Gasteiger partial charge in [-0.2, -0.15) is 0 Å². The van der Waals surface area contributed by atoms with Gasteiger partial charge < -0.3 is 5.32 Å². The zero-order chi connectivity index (χ0) is 15.2. The third-order valence-corrected chi connectivity index (χ3v) is 2.80. The topological polar surface area (TPSA) is 72.2 Å². The van der Waals surface area contributed by atoms with E-state index in [1.807, 2.05) is 30.3 Å². The molecule has 0 heterocycles. The summed E-state index contributed by atoms with van der Waals surface area (Å²) in [5.41, 5.74) is 1.80. The van der Waals surface area contributed by atoms with E-state index in [0.29, 0.717) is 11.3 Å². The quantitative estimate of drug-likeness (QED) is 0.527. The first kappa shape index (κ1) is 14.5. The van der Waals surface area contributed by atoms with Crippen molar-refractivity contribution in [1.82, 2.24) is 0 Å². The minimum absolute atomic E-state index is 0.0477. The van der Waals surface area contributed by atoms with Crippen molar-refractivity contribution in [3.8, 4) is 0 Å². The molecule has 0 atom stereocenters. The number of nitrogens with zero attached hydrogens (tertiary/aromatic N) is 1. The van der Waals surface area contributed by atoms with Crippen molar-refractivity contribution in [3.05, 3.63) is 69.8 Å². The van der Waals surface area contributed by atoms with Crippen molar-refractivity contribution in [1.29, 1.82) is 0 Å². The number of carbonyl (C=O) groups excluding carboxylic acids is 1. The van der Waals surface area contributed by atoms with Crippen LogP contribution in [0.1, 0.15) is 18.1 Å². The van der Waals surface area contributed by atoms with Crippen molar-refractivity contribution < 1.29 is 9.72 Å². The maximum absolute atomic E-state index is 11.1. The predicted molar refractivity (Wildman–Crippen MR) is 82.8 cm³/mol. The van der Waals surface area contributed by atoms with E-state index < -0.39 is 4.92 Å². The molecule has 2 aromatic carbocycles. The van der Waals surface area contributed by atoms with Gasteiger partial charge >= 0.3 is 0 Å². The van der Waals surface area contributed by atoms with Crippen LogP contribution in [0.4, 0.5) is 11.4 Å². The van der Waals surface area contributed by atoms with E-state index in [2.05, 4.69) is 5.32 Å². The lowest BCUT2D eigenvalue weighted by molar-refractivity contribution is -0.385. The Bertz CT molecular complexity index is 694. The summed E-state index contributed by atoms with van der Waals surface area (Å²) in [4.78, 5) is 21.7. The first-order valence-electron chi connectivity index (χ1n) is 6.35. The van der Waals surface area contributed by atoms with Crippen LogP contribution < -0.4 is 5.32 Å². The van der Waals surface area contributed by atoms with E-state index >= 15 is 0 Å². The Balaban J connectivity index is 2.33. The number of hydrogen-bond acceptors (Lipinski definition) is 3. The lowest BCUT2D eigenvalue weighted by Gasteiger charge is -2.03. The van der Waals surface area contributed by atoms with Gasteiger partial charge in [-0.3, -0.25) is 14.9 Å². The van der Waals surface area contributed by atoms with Gasteiger partial charge in [0.05, 0.1) is 10.5 Å². The molecular weight excluding hydrogens is 268 g/mol. The Morgan fingerprint density at radius 3 is 2.48 bits per heavy atom. The molecule has 0 aliphatic rings. The molecule has 21 heavy (non-hydrogen) atoms. The van der Waals surface area contributed by atoms with Gasteiger partial charge in [0.1, 0.15) is 0 Å². The number of benzene rings is 2. The van der Waals surface area contributed by atoms with Crippen LogP contribution in [0.15, 0.2) is 48.5 Å². The highest BCUT2D eigenvalue weighted by atomic mass is 16.6. The van der Waals surface area contributed by atoms with Crippen molar-refractivity contribution >= 4 is 29.4 Å². The molecule has 106 valence electrons. The second-order valence-corrected chi connectivity index (χ2v) is 4.46. The molecule has 0 aromatic heterocycles. The smallest absolute Gasteiger partial charge is 0.278 e. The summed E-state index contributed by atoms with van der Waals surface area (Å²) >= 11 is 0. The summed E-state index contributed by atoms with van der Waals surface area (Å²) < 4.78 is 0. The Morgan fingerprint density at radius 2 is 1.86 bits per heavy atom. The molecule has 5 nitrogen and oxygen atoms in total. The van der Waals surface area contributed by atoms with Crippen LogP contribution in [-0.2, 0) is 4.79 Å². The standard InChI is InChI=1S/C16H14N2O3/c1-12(19)17-15-10-9-14(16(11-15)18(20)21)8-7-13-5-3-2-4-6-13/h2-11H,1H3,(H,17,19)/b8-7+. The van der Waals surface area contributed by atoms with Crippen LogP contribution in [0.5, 0.6) is 0 Å². The highest BCUT2D eigenvalue weighted by Crippen LogP contribution is 2.25. The molecule has 0 aliphatic carbocycles. The number of nitrogens with one attached hydrogen (secondary N) is 1. The molecule has 0 saturated carbocycles. The van der Waals surface area contributed by atoms with Gasteiger partial charge in [-0.1, -0.05) is 36.4 Å².